The van der Waals surface area contributed by atoms with Crippen LogP contribution in [0.2, 0.25) is 10.0 Å². The highest BCUT2D eigenvalue weighted by molar-refractivity contribution is 7.99. The van der Waals surface area contributed by atoms with Crippen molar-refractivity contribution >= 4 is 46.6 Å². The van der Waals surface area contributed by atoms with Crippen LogP contribution in [-0.2, 0) is 4.79 Å². The number of carbonyl (C=O) groups is 1. The van der Waals surface area contributed by atoms with Crippen LogP contribution >= 0.6 is 35.0 Å². The lowest BCUT2D eigenvalue weighted by Gasteiger charge is -2.12. The number of hydrogen-bond acceptors (Lipinski definition) is 4. The van der Waals surface area contributed by atoms with Gasteiger partial charge in [0.05, 0.1) is 5.75 Å². The normalized spacial score (nSPS) is 10.9. The van der Waals surface area contributed by atoms with E-state index in [9.17, 15) is 4.79 Å². The summed E-state index contributed by atoms with van der Waals surface area (Å²) in [5.74, 6) is 0.706. The lowest BCUT2D eigenvalue weighted by atomic mass is 10.2. The van der Waals surface area contributed by atoms with Crippen LogP contribution in [0, 0.1) is 13.8 Å². The Morgan fingerprint density at radius 1 is 0.969 bits per heavy atom. The van der Waals surface area contributed by atoms with Gasteiger partial charge in [-0.3, -0.25) is 9.36 Å². The van der Waals surface area contributed by atoms with Crippen LogP contribution in [0.3, 0.4) is 0 Å². The largest absolute Gasteiger partial charge is 0.325 e. The number of benzene rings is 3. The van der Waals surface area contributed by atoms with Gasteiger partial charge in [0.25, 0.3) is 0 Å². The highest BCUT2D eigenvalue weighted by atomic mass is 35.5. The molecular formula is C24H20Cl2N4OS. The Kier molecular flexibility index (Phi) is 6.84. The van der Waals surface area contributed by atoms with Gasteiger partial charge in [0.1, 0.15) is 0 Å². The smallest absolute Gasteiger partial charge is 0.234 e. The number of aromatic nitrogens is 3. The summed E-state index contributed by atoms with van der Waals surface area (Å²) in [5.41, 5.74) is 4.55. The van der Waals surface area contributed by atoms with Crippen LogP contribution in [0.25, 0.3) is 17.1 Å². The molecular weight excluding hydrogens is 463 g/mol. The minimum Gasteiger partial charge on any atom is -0.325 e. The Bertz CT molecular complexity index is 1270. The van der Waals surface area contributed by atoms with E-state index in [0.29, 0.717) is 21.0 Å². The van der Waals surface area contributed by atoms with Crippen molar-refractivity contribution < 1.29 is 4.79 Å². The third-order valence-corrected chi connectivity index (χ3v) is 6.20. The van der Waals surface area contributed by atoms with Gasteiger partial charge in [0.2, 0.25) is 5.91 Å². The van der Waals surface area contributed by atoms with E-state index < -0.39 is 0 Å². The van der Waals surface area contributed by atoms with Crippen molar-refractivity contribution in [3.8, 4) is 17.1 Å². The Labute approximate surface area is 200 Å². The molecule has 5 nitrogen and oxygen atoms in total. The summed E-state index contributed by atoms with van der Waals surface area (Å²) in [6, 6.07) is 20.9. The van der Waals surface area contributed by atoms with Crippen molar-refractivity contribution in [1.29, 1.82) is 0 Å². The summed E-state index contributed by atoms with van der Waals surface area (Å²) in [6.07, 6.45) is 0. The maximum absolute atomic E-state index is 12.6. The molecule has 0 atom stereocenters. The summed E-state index contributed by atoms with van der Waals surface area (Å²) < 4.78 is 1.94. The number of anilines is 1. The average molecular weight is 483 g/mol. The van der Waals surface area contributed by atoms with Gasteiger partial charge in [0, 0.05) is 27.0 Å². The van der Waals surface area contributed by atoms with E-state index in [-0.39, 0.29) is 11.7 Å². The van der Waals surface area contributed by atoms with E-state index >= 15 is 0 Å². The predicted molar refractivity (Wildman–Crippen MR) is 132 cm³/mol. The van der Waals surface area contributed by atoms with Crippen molar-refractivity contribution in [3.63, 3.8) is 0 Å². The Hall–Kier alpha value is -2.80. The summed E-state index contributed by atoms with van der Waals surface area (Å²) in [4.78, 5) is 12.6. The fourth-order valence-electron chi connectivity index (χ4n) is 3.19. The first-order chi connectivity index (χ1) is 15.4. The molecule has 0 radical (unpaired) electrons. The summed E-state index contributed by atoms with van der Waals surface area (Å²) >= 11 is 13.5. The van der Waals surface area contributed by atoms with Crippen LogP contribution in [0.15, 0.2) is 71.9 Å². The van der Waals surface area contributed by atoms with E-state index in [4.69, 9.17) is 23.2 Å². The molecule has 0 saturated carbocycles. The lowest BCUT2D eigenvalue weighted by molar-refractivity contribution is -0.113. The van der Waals surface area contributed by atoms with Gasteiger partial charge < -0.3 is 5.32 Å². The van der Waals surface area contributed by atoms with Crippen LogP contribution in [0.1, 0.15) is 11.1 Å². The molecule has 1 N–H and O–H groups in total. The molecule has 1 amide bonds. The number of aryl methyl sites for hydroxylation is 2. The number of halogens is 2. The van der Waals surface area contributed by atoms with Gasteiger partial charge in [-0.15, -0.1) is 10.2 Å². The molecule has 4 rings (SSSR count). The van der Waals surface area contributed by atoms with Crippen molar-refractivity contribution in [2.75, 3.05) is 11.1 Å². The predicted octanol–water partition coefficient (Wildman–Crippen LogP) is 6.59. The first-order valence-corrected chi connectivity index (χ1v) is 11.6. The van der Waals surface area contributed by atoms with Crippen molar-refractivity contribution in [1.82, 2.24) is 14.8 Å². The van der Waals surface area contributed by atoms with E-state index in [1.807, 2.05) is 73.0 Å². The fraction of sp³-hybridized carbons (Fsp3) is 0.125. The molecule has 8 heteroatoms. The first-order valence-electron chi connectivity index (χ1n) is 9.88. The highest BCUT2D eigenvalue weighted by Crippen LogP contribution is 2.29. The second-order valence-corrected chi connectivity index (χ2v) is 9.10. The first kappa shape index (κ1) is 22.4. The molecule has 0 fully saturated rings. The summed E-state index contributed by atoms with van der Waals surface area (Å²) in [6.45, 7) is 3.94. The number of hydrogen-bond donors (Lipinski definition) is 1. The third kappa shape index (κ3) is 5.15. The fourth-order valence-corrected chi connectivity index (χ4v) is 4.36. The standard InChI is InChI=1S/C24H20Cl2N4OS/c1-15-6-9-20(10-7-15)30-23(17-4-3-5-18(25)13-17)28-29-24(30)32-14-22(31)27-21-11-8-19(26)12-16(21)2/h3-13H,14H2,1-2H3,(H,27,31). The van der Waals surface area contributed by atoms with Gasteiger partial charge in [-0.05, 0) is 61.9 Å². The average Bonchev–Trinajstić information content (AvgIpc) is 3.19. The minimum absolute atomic E-state index is 0.136. The topological polar surface area (TPSA) is 59.8 Å². The van der Waals surface area contributed by atoms with Crippen LogP contribution < -0.4 is 5.32 Å². The SMILES string of the molecule is Cc1ccc(-n2c(SCC(=O)Nc3ccc(Cl)cc3C)nnc2-c2cccc(Cl)c2)cc1. The Morgan fingerprint density at radius 3 is 2.44 bits per heavy atom. The van der Waals surface area contributed by atoms with Gasteiger partial charge >= 0.3 is 0 Å². The van der Waals surface area contributed by atoms with Gasteiger partial charge in [0.15, 0.2) is 11.0 Å². The van der Waals surface area contributed by atoms with Gasteiger partial charge in [-0.25, -0.2) is 0 Å². The van der Waals surface area contributed by atoms with Crippen molar-refractivity contribution in [2.24, 2.45) is 0 Å². The lowest BCUT2D eigenvalue weighted by Crippen LogP contribution is -2.15. The monoisotopic (exact) mass is 482 g/mol. The zero-order valence-corrected chi connectivity index (χ0v) is 19.8. The molecule has 0 saturated heterocycles. The second kappa shape index (κ2) is 9.77. The molecule has 162 valence electrons. The number of nitrogens with one attached hydrogen (secondary N) is 1. The molecule has 0 unspecified atom stereocenters. The molecule has 4 aromatic rings. The number of thioether (sulfide) groups is 1. The molecule has 0 aliphatic carbocycles. The Morgan fingerprint density at radius 2 is 1.72 bits per heavy atom. The maximum atomic E-state index is 12.6. The summed E-state index contributed by atoms with van der Waals surface area (Å²) in [7, 11) is 0. The molecule has 3 aromatic carbocycles. The number of rotatable bonds is 6. The zero-order chi connectivity index (χ0) is 22.7. The number of amides is 1. The maximum Gasteiger partial charge on any atom is 0.234 e. The zero-order valence-electron chi connectivity index (χ0n) is 17.5. The number of carbonyl (C=O) groups excluding carboxylic acids is 1. The molecule has 0 aliphatic heterocycles. The van der Waals surface area contributed by atoms with E-state index in [2.05, 4.69) is 15.5 Å². The molecule has 1 aromatic heterocycles. The molecule has 0 spiro atoms. The quantitative estimate of drug-likeness (QED) is 0.315. The van der Waals surface area contributed by atoms with E-state index in [1.165, 1.54) is 11.8 Å². The van der Waals surface area contributed by atoms with Crippen molar-refractivity contribution in [3.05, 3.63) is 87.9 Å². The summed E-state index contributed by atoms with van der Waals surface area (Å²) in [5, 5.41) is 13.6. The minimum atomic E-state index is -0.136. The Balaban J connectivity index is 1.60. The van der Waals surface area contributed by atoms with Gasteiger partial charge in [-0.2, -0.15) is 0 Å². The molecule has 0 bridgehead atoms. The van der Waals surface area contributed by atoms with Crippen LogP contribution in [0.5, 0.6) is 0 Å². The van der Waals surface area contributed by atoms with Gasteiger partial charge in [-0.1, -0.05) is 64.8 Å². The van der Waals surface area contributed by atoms with Crippen molar-refractivity contribution in [2.45, 2.75) is 19.0 Å². The third-order valence-electron chi connectivity index (χ3n) is 4.80. The highest BCUT2D eigenvalue weighted by Gasteiger charge is 2.18. The van der Waals surface area contributed by atoms with Crippen LogP contribution in [0.4, 0.5) is 5.69 Å². The van der Waals surface area contributed by atoms with Crippen LogP contribution in [-0.4, -0.2) is 26.4 Å². The van der Waals surface area contributed by atoms with E-state index in [0.717, 1.165) is 28.1 Å². The molecule has 0 aliphatic rings. The molecule has 1 heterocycles. The number of nitrogens with zero attached hydrogens (tertiary/aromatic N) is 3. The molecule has 32 heavy (non-hydrogen) atoms. The van der Waals surface area contributed by atoms with E-state index in [1.54, 1.807) is 12.1 Å². The second-order valence-electron chi connectivity index (χ2n) is 7.28.